The first-order valence-electron chi connectivity index (χ1n) is 5.59. The van der Waals surface area contributed by atoms with Crippen LogP contribution in [0.1, 0.15) is 25.0 Å². The molecule has 0 fully saturated rings. The lowest BCUT2D eigenvalue weighted by atomic mass is 10.1. The predicted molar refractivity (Wildman–Crippen MR) is 62.9 cm³/mol. The van der Waals surface area contributed by atoms with Crippen molar-refractivity contribution in [2.75, 3.05) is 18.0 Å². The van der Waals surface area contributed by atoms with Gasteiger partial charge in [-0.25, -0.2) is 0 Å². The van der Waals surface area contributed by atoms with E-state index in [1.54, 1.807) is 0 Å². The van der Waals surface area contributed by atoms with Gasteiger partial charge in [0.1, 0.15) is 0 Å². The lowest BCUT2D eigenvalue weighted by molar-refractivity contribution is -0.138. The molecule has 0 aliphatic rings. The Balaban J connectivity index is 3.17. The fraction of sp³-hybridized carbons (Fsp3) is 0.500. The van der Waals surface area contributed by atoms with Crippen LogP contribution in [0.3, 0.4) is 0 Å². The molecule has 0 aliphatic carbocycles. The normalized spacial score (nSPS) is 11.6. The highest BCUT2D eigenvalue weighted by atomic mass is 19.4. The molecule has 0 atom stereocenters. The SMILES string of the molecule is CCN(CC)c1ccc(C(F)(F)F)c(CN)c1. The van der Waals surface area contributed by atoms with Crippen LogP contribution in [0, 0.1) is 0 Å². The van der Waals surface area contributed by atoms with Crippen molar-refractivity contribution >= 4 is 5.69 Å². The first kappa shape index (κ1) is 13.8. The molecule has 0 spiro atoms. The summed E-state index contributed by atoms with van der Waals surface area (Å²) < 4.78 is 38.0. The molecule has 0 amide bonds. The fourth-order valence-electron chi connectivity index (χ4n) is 1.81. The van der Waals surface area contributed by atoms with Gasteiger partial charge in [0, 0.05) is 25.3 Å². The van der Waals surface area contributed by atoms with Crippen LogP contribution in [0.4, 0.5) is 18.9 Å². The molecule has 96 valence electrons. The third kappa shape index (κ3) is 3.12. The molecule has 5 heteroatoms. The quantitative estimate of drug-likeness (QED) is 0.884. The smallest absolute Gasteiger partial charge is 0.372 e. The monoisotopic (exact) mass is 246 g/mol. The Morgan fingerprint density at radius 1 is 1.18 bits per heavy atom. The lowest BCUT2D eigenvalue weighted by Gasteiger charge is -2.23. The lowest BCUT2D eigenvalue weighted by Crippen LogP contribution is -2.22. The number of alkyl halides is 3. The second-order valence-corrected chi connectivity index (χ2v) is 3.72. The van der Waals surface area contributed by atoms with E-state index in [2.05, 4.69) is 0 Å². The Kier molecular flexibility index (Phi) is 4.40. The van der Waals surface area contributed by atoms with E-state index in [9.17, 15) is 13.2 Å². The summed E-state index contributed by atoms with van der Waals surface area (Å²) in [6.07, 6.45) is -4.34. The minimum Gasteiger partial charge on any atom is -0.372 e. The summed E-state index contributed by atoms with van der Waals surface area (Å²) in [5.41, 5.74) is 5.66. The van der Waals surface area contributed by atoms with E-state index in [4.69, 9.17) is 5.73 Å². The summed E-state index contributed by atoms with van der Waals surface area (Å²) in [5, 5.41) is 0. The molecule has 0 aromatic heterocycles. The number of rotatable bonds is 4. The molecule has 1 rings (SSSR count). The van der Waals surface area contributed by atoms with Gasteiger partial charge in [-0.05, 0) is 37.6 Å². The minimum atomic E-state index is -4.34. The van der Waals surface area contributed by atoms with E-state index in [0.29, 0.717) is 0 Å². The molecule has 2 N–H and O–H groups in total. The van der Waals surface area contributed by atoms with E-state index in [1.165, 1.54) is 12.1 Å². The van der Waals surface area contributed by atoms with Crippen molar-refractivity contribution in [1.29, 1.82) is 0 Å². The molecule has 0 heterocycles. The van der Waals surface area contributed by atoms with Crippen LogP contribution in [0.25, 0.3) is 0 Å². The predicted octanol–water partition coefficient (Wildman–Crippen LogP) is 3.01. The van der Waals surface area contributed by atoms with Crippen molar-refractivity contribution in [2.45, 2.75) is 26.6 Å². The highest BCUT2D eigenvalue weighted by Gasteiger charge is 2.33. The van der Waals surface area contributed by atoms with Gasteiger partial charge in [-0.3, -0.25) is 0 Å². The van der Waals surface area contributed by atoms with Gasteiger partial charge < -0.3 is 10.6 Å². The number of hydrogen-bond acceptors (Lipinski definition) is 2. The summed E-state index contributed by atoms with van der Waals surface area (Å²) in [4.78, 5) is 1.99. The molecular weight excluding hydrogens is 229 g/mol. The average molecular weight is 246 g/mol. The Labute approximate surface area is 99.2 Å². The summed E-state index contributed by atoms with van der Waals surface area (Å²) in [7, 11) is 0. The molecule has 1 aromatic rings. The van der Waals surface area contributed by atoms with Crippen LogP contribution in [-0.4, -0.2) is 13.1 Å². The molecule has 0 saturated heterocycles. The zero-order valence-corrected chi connectivity index (χ0v) is 10.0. The van der Waals surface area contributed by atoms with Gasteiger partial charge in [0.15, 0.2) is 0 Å². The maximum Gasteiger partial charge on any atom is 0.416 e. The molecule has 0 saturated carbocycles. The molecule has 0 unspecified atom stereocenters. The third-order valence-corrected chi connectivity index (χ3v) is 2.74. The van der Waals surface area contributed by atoms with E-state index >= 15 is 0 Å². The summed E-state index contributed by atoms with van der Waals surface area (Å²) in [6.45, 7) is 5.33. The number of benzene rings is 1. The van der Waals surface area contributed by atoms with Gasteiger partial charge in [-0.2, -0.15) is 13.2 Å². The Morgan fingerprint density at radius 3 is 2.18 bits per heavy atom. The van der Waals surface area contributed by atoms with E-state index < -0.39 is 11.7 Å². The first-order valence-corrected chi connectivity index (χ1v) is 5.59. The van der Waals surface area contributed by atoms with Gasteiger partial charge >= 0.3 is 6.18 Å². The number of nitrogens with two attached hydrogens (primary N) is 1. The number of halogens is 3. The fourth-order valence-corrected chi connectivity index (χ4v) is 1.81. The summed E-state index contributed by atoms with van der Waals surface area (Å²) in [6, 6.07) is 4.13. The van der Waals surface area contributed by atoms with Gasteiger partial charge in [0.25, 0.3) is 0 Å². The van der Waals surface area contributed by atoms with Gasteiger partial charge in [0.2, 0.25) is 0 Å². The van der Waals surface area contributed by atoms with E-state index in [-0.39, 0.29) is 12.1 Å². The minimum absolute atomic E-state index is 0.107. The van der Waals surface area contributed by atoms with E-state index in [0.717, 1.165) is 24.8 Å². The van der Waals surface area contributed by atoms with E-state index in [1.807, 2.05) is 18.7 Å². The van der Waals surface area contributed by atoms with Crippen molar-refractivity contribution in [1.82, 2.24) is 0 Å². The number of nitrogens with zero attached hydrogens (tertiary/aromatic N) is 1. The summed E-state index contributed by atoms with van der Waals surface area (Å²) >= 11 is 0. The van der Waals surface area contributed by atoms with Crippen molar-refractivity contribution in [3.05, 3.63) is 29.3 Å². The van der Waals surface area contributed by atoms with Gasteiger partial charge in [0.05, 0.1) is 5.56 Å². The average Bonchev–Trinajstić information content (AvgIpc) is 2.29. The van der Waals surface area contributed by atoms with Gasteiger partial charge in [-0.1, -0.05) is 0 Å². The Hall–Kier alpha value is -1.23. The zero-order chi connectivity index (χ0) is 13.1. The third-order valence-electron chi connectivity index (χ3n) is 2.74. The molecular formula is C12H17F3N2. The topological polar surface area (TPSA) is 29.3 Å². The van der Waals surface area contributed by atoms with Crippen LogP contribution >= 0.6 is 0 Å². The number of hydrogen-bond donors (Lipinski definition) is 1. The van der Waals surface area contributed by atoms with Crippen molar-refractivity contribution in [3.8, 4) is 0 Å². The first-order chi connectivity index (χ1) is 7.93. The Bertz CT molecular complexity index is 371. The molecule has 0 aliphatic heterocycles. The molecule has 17 heavy (non-hydrogen) atoms. The van der Waals surface area contributed by atoms with Crippen molar-refractivity contribution in [3.63, 3.8) is 0 Å². The van der Waals surface area contributed by atoms with Crippen molar-refractivity contribution in [2.24, 2.45) is 5.73 Å². The number of anilines is 1. The Morgan fingerprint density at radius 2 is 1.76 bits per heavy atom. The zero-order valence-electron chi connectivity index (χ0n) is 10.0. The van der Waals surface area contributed by atoms with Crippen LogP contribution < -0.4 is 10.6 Å². The highest BCUT2D eigenvalue weighted by Crippen LogP contribution is 2.33. The van der Waals surface area contributed by atoms with Crippen LogP contribution in [0.5, 0.6) is 0 Å². The highest BCUT2D eigenvalue weighted by molar-refractivity contribution is 5.51. The second-order valence-electron chi connectivity index (χ2n) is 3.72. The summed E-state index contributed by atoms with van der Waals surface area (Å²) in [5.74, 6) is 0. The van der Waals surface area contributed by atoms with Gasteiger partial charge in [-0.15, -0.1) is 0 Å². The maximum absolute atomic E-state index is 12.7. The molecule has 0 radical (unpaired) electrons. The second kappa shape index (κ2) is 5.40. The molecule has 0 bridgehead atoms. The molecule has 2 nitrogen and oxygen atoms in total. The van der Waals surface area contributed by atoms with Crippen LogP contribution in [0.15, 0.2) is 18.2 Å². The maximum atomic E-state index is 12.7. The van der Waals surface area contributed by atoms with Crippen LogP contribution in [-0.2, 0) is 12.7 Å². The van der Waals surface area contributed by atoms with Crippen molar-refractivity contribution < 1.29 is 13.2 Å². The van der Waals surface area contributed by atoms with Crippen LogP contribution in [0.2, 0.25) is 0 Å². The standard InChI is InChI=1S/C12H17F3N2/c1-3-17(4-2)10-5-6-11(12(13,14)15)9(7-10)8-16/h5-7H,3-4,8,16H2,1-2H3. The largest absolute Gasteiger partial charge is 0.416 e. The molecule has 1 aromatic carbocycles.